The van der Waals surface area contributed by atoms with Crippen LogP contribution in [0.1, 0.15) is 15.9 Å². The van der Waals surface area contributed by atoms with Crippen molar-refractivity contribution in [2.75, 3.05) is 19.0 Å². The number of hydrogen-bond acceptors (Lipinski definition) is 5. The third kappa shape index (κ3) is 4.29. The van der Waals surface area contributed by atoms with E-state index in [9.17, 15) is 14.7 Å². The second kappa shape index (κ2) is 7.96. The molecule has 1 aromatic heterocycles. The molecular formula is C19H19N3O4S. The third-order valence-corrected chi connectivity index (χ3v) is 5.07. The van der Waals surface area contributed by atoms with Crippen LogP contribution in [0.4, 0.5) is 9.80 Å². The summed E-state index contributed by atoms with van der Waals surface area (Å²) in [5.74, 6) is 0.218. The highest BCUT2D eigenvalue weighted by molar-refractivity contribution is 7.23. The largest absolute Gasteiger partial charge is 0.508 e. The number of benzene rings is 2. The summed E-state index contributed by atoms with van der Waals surface area (Å²) in [5.41, 5.74) is 6.76. The molecule has 0 spiro atoms. The lowest BCUT2D eigenvalue weighted by atomic mass is 10.1. The SMILES string of the molecule is COc1ccc(CCNC(=O)Nc2sc3cc(O)ccc3c2C(N)=O)cc1. The number of nitrogens with two attached hydrogens (primary N) is 1. The van der Waals surface area contributed by atoms with Gasteiger partial charge < -0.3 is 20.9 Å². The van der Waals surface area contributed by atoms with E-state index in [2.05, 4.69) is 10.6 Å². The highest BCUT2D eigenvalue weighted by Crippen LogP contribution is 2.37. The van der Waals surface area contributed by atoms with Gasteiger partial charge in [-0.1, -0.05) is 12.1 Å². The van der Waals surface area contributed by atoms with E-state index in [0.717, 1.165) is 11.3 Å². The fourth-order valence-electron chi connectivity index (χ4n) is 2.68. The van der Waals surface area contributed by atoms with E-state index in [4.69, 9.17) is 10.5 Å². The summed E-state index contributed by atoms with van der Waals surface area (Å²) in [6.45, 7) is 0.426. The Morgan fingerprint density at radius 1 is 1.19 bits per heavy atom. The standard InChI is InChI=1S/C19H19N3O4S/c1-26-13-5-2-11(3-6-13)8-9-21-19(25)22-18-16(17(20)24)14-7-4-12(23)10-15(14)27-18/h2-7,10,23H,8-9H2,1H3,(H2,20,24)(H2,21,22,25). The highest BCUT2D eigenvalue weighted by atomic mass is 32.1. The average Bonchev–Trinajstić information content (AvgIpc) is 2.99. The van der Waals surface area contributed by atoms with Gasteiger partial charge in [-0.2, -0.15) is 0 Å². The van der Waals surface area contributed by atoms with Crippen molar-refractivity contribution in [3.8, 4) is 11.5 Å². The molecule has 0 unspecified atom stereocenters. The maximum absolute atomic E-state index is 12.2. The Hall–Kier alpha value is -3.26. The minimum Gasteiger partial charge on any atom is -0.508 e. The number of urea groups is 1. The minimum atomic E-state index is -0.638. The molecule has 0 bridgehead atoms. The number of aromatic hydroxyl groups is 1. The van der Waals surface area contributed by atoms with Crippen molar-refractivity contribution in [3.05, 3.63) is 53.6 Å². The molecule has 140 valence electrons. The van der Waals surface area contributed by atoms with E-state index in [1.54, 1.807) is 13.2 Å². The molecule has 8 heteroatoms. The van der Waals surface area contributed by atoms with Crippen LogP contribution in [0, 0.1) is 0 Å². The number of methoxy groups -OCH3 is 1. The van der Waals surface area contributed by atoms with Gasteiger partial charge in [0.1, 0.15) is 16.5 Å². The maximum atomic E-state index is 12.2. The summed E-state index contributed by atoms with van der Waals surface area (Å²) in [6.07, 6.45) is 0.653. The van der Waals surface area contributed by atoms with Gasteiger partial charge >= 0.3 is 6.03 Å². The second-order valence-corrected chi connectivity index (χ2v) is 6.88. The first-order valence-corrected chi connectivity index (χ1v) is 9.02. The number of amides is 3. The lowest BCUT2D eigenvalue weighted by Gasteiger charge is -2.08. The zero-order chi connectivity index (χ0) is 19.4. The van der Waals surface area contributed by atoms with Gasteiger partial charge in [-0.25, -0.2) is 4.79 Å². The van der Waals surface area contributed by atoms with Gasteiger partial charge in [0.15, 0.2) is 0 Å². The summed E-state index contributed by atoms with van der Waals surface area (Å²) in [5, 5.41) is 16.0. The second-order valence-electron chi connectivity index (χ2n) is 5.83. The molecule has 7 nitrogen and oxygen atoms in total. The molecule has 0 radical (unpaired) electrons. The van der Waals surface area contributed by atoms with Crippen molar-refractivity contribution < 1.29 is 19.4 Å². The normalized spacial score (nSPS) is 10.6. The number of thiophene rings is 1. The predicted octanol–water partition coefficient (Wildman–Crippen LogP) is 3.08. The lowest BCUT2D eigenvalue weighted by molar-refractivity contribution is 0.100. The molecule has 0 aliphatic heterocycles. The smallest absolute Gasteiger partial charge is 0.319 e. The predicted molar refractivity (Wildman–Crippen MR) is 106 cm³/mol. The zero-order valence-corrected chi connectivity index (χ0v) is 15.4. The minimum absolute atomic E-state index is 0.0789. The Morgan fingerprint density at radius 3 is 2.59 bits per heavy atom. The number of carbonyl (C=O) groups is 2. The van der Waals surface area contributed by atoms with Gasteiger partial charge in [0.2, 0.25) is 0 Å². The van der Waals surface area contributed by atoms with Crippen LogP contribution in [-0.4, -0.2) is 30.7 Å². The number of phenolic OH excluding ortho intramolecular Hbond substituents is 1. The van der Waals surface area contributed by atoms with E-state index in [1.165, 1.54) is 23.5 Å². The van der Waals surface area contributed by atoms with E-state index < -0.39 is 11.9 Å². The summed E-state index contributed by atoms with van der Waals surface area (Å²) >= 11 is 1.18. The molecule has 0 atom stereocenters. The van der Waals surface area contributed by atoms with Crippen LogP contribution >= 0.6 is 11.3 Å². The molecule has 0 fully saturated rings. The monoisotopic (exact) mass is 385 g/mol. The topological polar surface area (TPSA) is 114 Å². The summed E-state index contributed by atoms with van der Waals surface area (Å²) < 4.78 is 5.77. The van der Waals surface area contributed by atoms with Gasteiger partial charge in [0.25, 0.3) is 5.91 Å². The molecule has 0 aliphatic rings. The molecule has 0 saturated carbocycles. The van der Waals surface area contributed by atoms with Gasteiger partial charge in [-0.3, -0.25) is 10.1 Å². The number of ether oxygens (including phenoxy) is 1. The highest BCUT2D eigenvalue weighted by Gasteiger charge is 2.18. The molecule has 5 N–H and O–H groups in total. The summed E-state index contributed by atoms with van der Waals surface area (Å²) in [4.78, 5) is 24.0. The molecule has 3 rings (SSSR count). The van der Waals surface area contributed by atoms with Gasteiger partial charge in [-0.15, -0.1) is 11.3 Å². The van der Waals surface area contributed by atoms with Crippen molar-refractivity contribution in [1.82, 2.24) is 5.32 Å². The Morgan fingerprint density at radius 2 is 1.93 bits per heavy atom. The van der Waals surface area contributed by atoms with Crippen molar-refractivity contribution in [1.29, 1.82) is 0 Å². The zero-order valence-electron chi connectivity index (χ0n) is 14.6. The summed E-state index contributed by atoms with van der Waals surface area (Å²) in [7, 11) is 1.61. The first kappa shape index (κ1) is 18.5. The number of hydrogen-bond donors (Lipinski definition) is 4. The molecule has 27 heavy (non-hydrogen) atoms. The molecular weight excluding hydrogens is 366 g/mol. The molecule has 1 heterocycles. The van der Waals surface area contributed by atoms with E-state index >= 15 is 0 Å². The van der Waals surface area contributed by atoms with Crippen LogP contribution in [0.15, 0.2) is 42.5 Å². The van der Waals surface area contributed by atoms with E-state index in [1.807, 2.05) is 24.3 Å². The van der Waals surface area contributed by atoms with Crippen molar-refractivity contribution in [2.45, 2.75) is 6.42 Å². The molecule has 3 amide bonds. The number of primary amides is 1. The number of anilines is 1. The number of nitrogens with one attached hydrogen (secondary N) is 2. The number of carbonyl (C=O) groups excluding carboxylic acids is 2. The molecule has 0 saturated heterocycles. The third-order valence-electron chi connectivity index (χ3n) is 4.01. The molecule has 3 aromatic rings. The molecule has 2 aromatic carbocycles. The fraction of sp³-hybridized carbons (Fsp3) is 0.158. The number of fused-ring (bicyclic) bond motifs is 1. The van der Waals surface area contributed by atoms with Crippen LogP contribution in [-0.2, 0) is 6.42 Å². The quantitative estimate of drug-likeness (QED) is 0.522. The van der Waals surface area contributed by atoms with Gasteiger partial charge in [0, 0.05) is 16.6 Å². The Balaban J connectivity index is 1.65. The lowest BCUT2D eigenvalue weighted by Crippen LogP contribution is -2.30. The van der Waals surface area contributed by atoms with Crippen molar-refractivity contribution in [2.24, 2.45) is 5.73 Å². The Bertz CT molecular complexity index is 983. The summed E-state index contributed by atoms with van der Waals surface area (Å²) in [6, 6.07) is 11.8. The molecule has 0 aliphatic carbocycles. The number of rotatable bonds is 6. The average molecular weight is 385 g/mol. The van der Waals surface area contributed by atoms with Gasteiger partial charge in [-0.05, 0) is 42.3 Å². The van der Waals surface area contributed by atoms with Crippen LogP contribution in [0.2, 0.25) is 0 Å². The first-order chi connectivity index (χ1) is 13.0. The Kier molecular flexibility index (Phi) is 5.46. The van der Waals surface area contributed by atoms with E-state index in [-0.39, 0.29) is 11.3 Å². The Labute approximate surface area is 159 Å². The van der Waals surface area contributed by atoms with Gasteiger partial charge in [0.05, 0.1) is 12.7 Å². The van der Waals surface area contributed by atoms with Crippen LogP contribution in [0.5, 0.6) is 11.5 Å². The fourth-order valence-corrected chi connectivity index (χ4v) is 3.81. The first-order valence-electron chi connectivity index (χ1n) is 8.21. The maximum Gasteiger partial charge on any atom is 0.319 e. The van der Waals surface area contributed by atoms with Crippen LogP contribution in [0.3, 0.4) is 0 Å². The van der Waals surface area contributed by atoms with Crippen LogP contribution in [0.25, 0.3) is 10.1 Å². The van der Waals surface area contributed by atoms with E-state index in [0.29, 0.717) is 28.1 Å². The van der Waals surface area contributed by atoms with Crippen molar-refractivity contribution >= 4 is 38.4 Å². The number of phenols is 1. The van der Waals surface area contributed by atoms with Crippen molar-refractivity contribution in [3.63, 3.8) is 0 Å². The van der Waals surface area contributed by atoms with Crippen LogP contribution < -0.4 is 21.1 Å².